The molecule has 0 aliphatic rings. The van der Waals surface area contributed by atoms with E-state index in [0.29, 0.717) is 11.2 Å². The summed E-state index contributed by atoms with van der Waals surface area (Å²) in [6.07, 6.45) is 1.46. The van der Waals surface area contributed by atoms with E-state index in [9.17, 15) is 4.39 Å². The normalized spacial score (nSPS) is 10.0. The van der Waals surface area contributed by atoms with Crippen LogP contribution in [0.2, 0.25) is 0 Å². The van der Waals surface area contributed by atoms with E-state index in [1.165, 1.54) is 28.9 Å². The summed E-state index contributed by atoms with van der Waals surface area (Å²) >= 11 is 0. The Morgan fingerprint density at radius 2 is 2.25 bits per heavy atom. The molecule has 3 nitrogen and oxygen atoms in total. The molecule has 0 radical (unpaired) electrons. The molecule has 0 aliphatic carbocycles. The van der Waals surface area contributed by atoms with Gasteiger partial charge in [0.1, 0.15) is 23.1 Å². The van der Waals surface area contributed by atoms with E-state index in [2.05, 4.69) is 5.10 Å². The lowest BCUT2D eigenvalue weighted by Crippen LogP contribution is -1.95. The first kappa shape index (κ1) is 6.80. The summed E-state index contributed by atoms with van der Waals surface area (Å²) in [5.41, 5.74) is 0.658. The molecule has 2 heterocycles. The van der Waals surface area contributed by atoms with Gasteiger partial charge in [0.15, 0.2) is 0 Å². The number of nitrogens with zero attached hydrogens (tertiary/aromatic N) is 3. The zero-order chi connectivity index (χ0) is 8.55. The fraction of sp³-hybridized carbons (Fsp3) is 0. The van der Waals surface area contributed by atoms with E-state index in [4.69, 9.17) is 5.26 Å². The van der Waals surface area contributed by atoms with E-state index < -0.39 is 0 Å². The van der Waals surface area contributed by atoms with E-state index in [1.807, 2.05) is 6.07 Å². The minimum Gasteiger partial charge on any atom is -0.220 e. The zero-order valence-corrected chi connectivity index (χ0v) is 6.03. The van der Waals surface area contributed by atoms with Gasteiger partial charge in [-0.2, -0.15) is 10.4 Å². The molecule has 12 heavy (non-hydrogen) atoms. The lowest BCUT2D eigenvalue weighted by molar-refractivity contribution is 0.629. The van der Waals surface area contributed by atoms with E-state index in [0.717, 1.165) is 0 Å². The van der Waals surface area contributed by atoms with Crippen molar-refractivity contribution >= 4 is 5.52 Å². The van der Waals surface area contributed by atoms with Crippen LogP contribution >= 0.6 is 0 Å². The Kier molecular flexibility index (Phi) is 1.31. The van der Waals surface area contributed by atoms with Gasteiger partial charge < -0.3 is 0 Å². The van der Waals surface area contributed by atoms with Crippen molar-refractivity contribution in [3.63, 3.8) is 0 Å². The number of halogens is 1. The third kappa shape index (κ3) is 0.768. The van der Waals surface area contributed by atoms with Crippen LogP contribution in [0.25, 0.3) is 5.52 Å². The van der Waals surface area contributed by atoms with Crippen molar-refractivity contribution in [1.29, 1.82) is 5.26 Å². The molecule has 0 saturated heterocycles. The summed E-state index contributed by atoms with van der Waals surface area (Å²) in [4.78, 5) is 0. The van der Waals surface area contributed by atoms with Gasteiger partial charge in [-0.25, -0.2) is 8.91 Å². The van der Waals surface area contributed by atoms with Gasteiger partial charge in [0.25, 0.3) is 0 Å². The van der Waals surface area contributed by atoms with Crippen molar-refractivity contribution in [1.82, 2.24) is 9.61 Å². The molecule has 2 rings (SSSR count). The van der Waals surface area contributed by atoms with Gasteiger partial charge in [-0.3, -0.25) is 0 Å². The minimum atomic E-state index is -0.369. The van der Waals surface area contributed by atoms with Crippen molar-refractivity contribution < 1.29 is 4.39 Å². The second-order valence-corrected chi connectivity index (χ2v) is 2.31. The highest BCUT2D eigenvalue weighted by Gasteiger charge is 2.04. The van der Waals surface area contributed by atoms with Gasteiger partial charge in [0.05, 0.1) is 6.20 Å². The molecule has 2 aromatic rings. The van der Waals surface area contributed by atoms with Gasteiger partial charge in [0, 0.05) is 0 Å². The van der Waals surface area contributed by atoms with Crippen LogP contribution in [-0.2, 0) is 0 Å². The second kappa shape index (κ2) is 2.31. The molecule has 0 spiro atoms. The summed E-state index contributed by atoms with van der Waals surface area (Å²) in [6, 6.07) is 6.10. The molecule has 0 amide bonds. The monoisotopic (exact) mass is 161 g/mol. The maximum absolute atomic E-state index is 13.0. The van der Waals surface area contributed by atoms with Crippen molar-refractivity contribution in [2.75, 3.05) is 0 Å². The highest BCUT2D eigenvalue weighted by atomic mass is 19.1. The Balaban J connectivity index is 2.94. The minimum absolute atomic E-state index is 0.328. The number of rotatable bonds is 0. The molecular weight excluding hydrogens is 157 g/mol. The SMILES string of the molecule is N#Cc1ccc(F)c2ccnn12. The largest absolute Gasteiger partial charge is 0.220 e. The topological polar surface area (TPSA) is 41.1 Å². The number of hydrogen-bond donors (Lipinski definition) is 0. The van der Waals surface area contributed by atoms with Crippen molar-refractivity contribution in [2.24, 2.45) is 0 Å². The standard InChI is InChI=1S/C8H4FN3/c9-7-2-1-6(5-10)12-8(7)3-4-11-12/h1-4H. The predicted octanol–water partition coefficient (Wildman–Crippen LogP) is 1.35. The first-order valence-electron chi connectivity index (χ1n) is 3.35. The highest BCUT2D eigenvalue weighted by Crippen LogP contribution is 2.10. The predicted molar refractivity (Wildman–Crippen MR) is 39.9 cm³/mol. The van der Waals surface area contributed by atoms with Gasteiger partial charge >= 0.3 is 0 Å². The molecule has 0 fully saturated rings. The Morgan fingerprint density at radius 1 is 1.42 bits per heavy atom. The number of hydrogen-bond acceptors (Lipinski definition) is 2. The van der Waals surface area contributed by atoms with Crippen molar-refractivity contribution in [2.45, 2.75) is 0 Å². The molecule has 0 atom stereocenters. The maximum atomic E-state index is 13.0. The molecule has 0 aliphatic heterocycles. The average Bonchev–Trinajstić information content (AvgIpc) is 2.54. The summed E-state index contributed by atoms with van der Waals surface area (Å²) in [7, 11) is 0. The van der Waals surface area contributed by atoms with E-state index >= 15 is 0 Å². The third-order valence-electron chi connectivity index (χ3n) is 1.62. The Labute approximate surface area is 67.7 Å². The van der Waals surface area contributed by atoms with Crippen LogP contribution in [0.1, 0.15) is 5.69 Å². The molecule has 0 saturated carbocycles. The average molecular weight is 161 g/mol. The Hall–Kier alpha value is -1.89. The van der Waals surface area contributed by atoms with Crippen LogP contribution in [0.4, 0.5) is 4.39 Å². The van der Waals surface area contributed by atoms with Gasteiger partial charge in [-0.1, -0.05) is 0 Å². The number of nitriles is 1. The zero-order valence-electron chi connectivity index (χ0n) is 6.03. The molecule has 0 bridgehead atoms. The second-order valence-electron chi connectivity index (χ2n) is 2.31. The van der Waals surface area contributed by atoms with Crippen LogP contribution in [0, 0.1) is 17.1 Å². The summed E-state index contributed by atoms with van der Waals surface area (Å²) in [5.74, 6) is -0.369. The summed E-state index contributed by atoms with van der Waals surface area (Å²) in [5, 5.41) is 12.4. The fourth-order valence-electron chi connectivity index (χ4n) is 1.07. The van der Waals surface area contributed by atoms with Crippen LogP contribution in [0.5, 0.6) is 0 Å². The van der Waals surface area contributed by atoms with Crippen LogP contribution in [-0.4, -0.2) is 9.61 Å². The Morgan fingerprint density at radius 3 is 3.00 bits per heavy atom. The van der Waals surface area contributed by atoms with Crippen LogP contribution in [0.15, 0.2) is 24.4 Å². The van der Waals surface area contributed by atoms with Crippen LogP contribution < -0.4 is 0 Å². The third-order valence-corrected chi connectivity index (χ3v) is 1.62. The summed E-state index contributed by atoms with van der Waals surface area (Å²) < 4.78 is 14.2. The molecule has 0 unspecified atom stereocenters. The fourth-order valence-corrected chi connectivity index (χ4v) is 1.07. The van der Waals surface area contributed by atoms with Crippen molar-refractivity contribution in [3.8, 4) is 6.07 Å². The Bertz CT molecular complexity index is 467. The first-order chi connectivity index (χ1) is 5.83. The molecule has 0 N–H and O–H groups in total. The highest BCUT2D eigenvalue weighted by molar-refractivity contribution is 5.49. The van der Waals surface area contributed by atoms with Gasteiger partial charge in [0.2, 0.25) is 0 Å². The number of aromatic nitrogens is 2. The van der Waals surface area contributed by atoms with Crippen molar-refractivity contribution in [3.05, 3.63) is 35.9 Å². The van der Waals surface area contributed by atoms with E-state index in [-0.39, 0.29) is 5.82 Å². The van der Waals surface area contributed by atoms with Gasteiger partial charge in [-0.15, -0.1) is 0 Å². The van der Waals surface area contributed by atoms with E-state index in [1.54, 1.807) is 0 Å². The smallest absolute Gasteiger partial charge is 0.149 e. The first-order valence-corrected chi connectivity index (χ1v) is 3.35. The molecule has 0 aromatic carbocycles. The molecule has 58 valence electrons. The lowest BCUT2D eigenvalue weighted by atomic mass is 10.3. The molecule has 4 heteroatoms. The molecular formula is C8H4FN3. The quantitative estimate of drug-likeness (QED) is 0.585. The maximum Gasteiger partial charge on any atom is 0.149 e. The summed E-state index contributed by atoms with van der Waals surface area (Å²) in [6.45, 7) is 0. The number of fused-ring (bicyclic) bond motifs is 1. The lowest BCUT2D eigenvalue weighted by Gasteiger charge is -1.95. The van der Waals surface area contributed by atoms with Gasteiger partial charge in [-0.05, 0) is 18.2 Å². The van der Waals surface area contributed by atoms with Crippen LogP contribution in [0.3, 0.4) is 0 Å². The molecule has 2 aromatic heterocycles. The number of pyridine rings is 1.